The molecule has 160 valence electrons. The Kier molecular flexibility index (Phi) is 8.43. The predicted octanol–water partition coefficient (Wildman–Crippen LogP) is 3.50. The van der Waals surface area contributed by atoms with Gasteiger partial charge < -0.3 is 18.9 Å². The first-order valence-corrected chi connectivity index (χ1v) is 10.1. The van der Waals surface area contributed by atoms with Crippen LogP contribution in [0.15, 0.2) is 0 Å². The third-order valence-corrected chi connectivity index (χ3v) is 4.94. The van der Waals surface area contributed by atoms with E-state index in [2.05, 4.69) is 25.7 Å². The second kappa shape index (κ2) is 9.92. The number of rotatable bonds is 12. The summed E-state index contributed by atoms with van der Waals surface area (Å²) in [4.78, 5) is 2.21. The van der Waals surface area contributed by atoms with Crippen molar-refractivity contribution in [1.29, 1.82) is 0 Å². The molecular weight excluding hydrogens is 356 g/mol. The summed E-state index contributed by atoms with van der Waals surface area (Å²) >= 11 is 0. The van der Waals surface area contributed by atoms with Gasteiger partial charge in [-0.05, 0) is 53.9 Å². The Labute approximate surface area is 162 Å². The lowest BCUT2D eigenvalue weighted by molar-refractivity contribution is -0.167. The van der Waals surface area contributed by atoms with Gasteiger partial charge in [0, 0.05) is 31.8 Å². The van der Waals surface area contributed by atoms with E-state index in [-0.39, 0.29) is 30.5 Å². The Morgan fingerprint density at radius 3 is 2.19 bits per heavy atom. The molecule has 1 heterocycles. The van der Waals surface area contributed by atoms with Crippen molar-refractivity contribution >= 4 is 0 Å². The van der Waals surface area contributed by atoms with Gasteiger partial charge in [0.05, 0.1) is 24.4 Å². The SMILES string of the molecule is CC(C)OC1CC(OCCCOCC(F)(F)COC2CN(C(C)(C)C)C2)C1. The third-order valence-electron chi connectivity index (χ3n) is 4.94. The summed E-state index contributed by atoms with van der Waals surface area (Å²) in [5.74, 6) is -2.95. The molecule has 0 bridgehead atoms. The highest BCUT2D eigenvalue weighted by Gasteiger charge is 2.38. The largest absolute Gasteiger partial charge is 0.378 e. The smallest absolute Gasteiger partial charge is 0.293 e. The van der Waals surface area contributed by atoms with Gasteiger partial charge in [-0.1, -0.05) is 0 Å². The van der Waals surface area contributed by atoms with Crippen molar-refractivity contribution in [1.82, 2.24) is 4.90 Å². The lowest BCUT2D eigenvalue weighted by Crippen LogP contribution is -2.60. The summed E-state index contributed by atoms with van der Waals surface area (Å²) in [7, 11) is 0. The molecule has 27 heavy (non-hydrogen) atoms. The summed E-state index contributed by atoms with van der Waals surface area (Å²) in [6.07, 6.45) is 3.14. The lowest BCUT2D eigenvalue weighted by Gasteiger charge is -2.47. The Morgan fingerprint density at radius 1 is 0.926 bits per heavy atom. The number of halogens is 2. The van der Waals surface area contributed by atoms with E-state index in [0.717, 1.165) is 12.8 Å². The highest BCUT2D eigenvalue weighted by atomic mass is 19.3. The molecule has 1 saturated heterocycles. The van der Waals surface area contributed by atoms with Crippen LogP contribution in [-0.4, -0.2) is 80.3 Å². The predicted molar refractivity (Wildman–Crippen MR) is 100 cm³/mol. The molecular formula is C20H37F2NO4. The first-order valence-electron chi connectivity index (χ1n) is 10.1. The molecule has 0 aromatic carbocycles. The molecule has 0 N–H and O–H groups in total. The van der Waals surface area contributed by atoms with E-state index in [1.54, 1.807) is 0 Å². The average molecular weight is 394 g/mol. The number of hydrogen-bond donors (Lipinski definition) is 0. The van der Waals surface area contributed by atoms with Crippen LogP contribution in [0.2, 0.25) is 0 Å². The molecule has 1 aliphatic carbocycles. The number of likely N-dealkylation sites (tertiary alicyclic amines) is 1. The van der Waals surface area contributed by atoms with E-state index >= 15 is 0 Å². The summed E-state index contributed by atoms with van der Waals surface area (Å²) in [5.41, 5.74) is 0.0649. The minimum atomic E-state index is -2.95. The Hall–Kier alpha value is -0.340. The van der Waals surface area contributed by atoms with Crippen LogP contribution >= 0.6 is 0 Å². The van der Waals surface area contributed by atoms with Crippen molar-refractivity contribution in [2.24, 2.45) is 0 Å². The summed E-state index contributed by atoms with van der Waals surface area (Å²) < 4.78 is 49.4. The number of hydrogen-bond acceptors (Lipinski definition) is 5. The number of ether oxygens (including phenoxy) is 4. The van der Waals surface area contributed by atoms with Gasteiger partial charge in [0.2, 0.25) is 0 Å². The van der Waals surface area contributed by atoms with Crippen LogP contribution in [0.4, 0.5) is 8.78 Å². The minimum Gasteiger partial charge on any atom is -0.378 e. The van der Waals surface area contributed by atoms with Gasteiger partial charge in [-0.15, -0.1) is 0 Å². The molecule has 1 aliphatic heterocycles. The minimum absolute atomic E-state index is 0.0649. The molecule has 0 unspecified atom stereocenters. The second-order valence-electron chi connectivity index (χ2n) is 9.04. The summed E-state index contributed by atoms with van der Waals surface area (Å²) in [5, 5.41) is 0. The van der Waals surface area contributed by atoms with Crippen LogP contribution in [0.3, 0.4) is 0 Å². The molecule has 0 aromatic rings. The van der Waals surface area contributed by atoms with Crippen LogP contribution in [0.1, 0.15) is 53.9 Å². The van der Waals surface area contributed by atoms with Crippen LogP contribution in [0, 0.1) is 0 Å². The van der Waals surface area contributed by atoms with Crippen molar-refractivity contribution in [3.05, 3.63) is 0 Å². The molecule has 0 aromatic heterocycles. The topological polar surface area (TPSA) is 40.2 Å². The van der Waals surface area contributed by atoms with E-state index in [1.807, 2.05) is 13.8 Å². The van der Waals surface area contributed by atoms with Crippen LogP contribution in [0.25, 0.3) is 0 Å². The highest BCUT2D eigenvalue weighted by Crippen LogP contribution is 2.27. The van der Waals surface area contributed by atoms with Gasteiger partial charge in [-0.25, -0.2) is 8.78 Å². The van der Waals surface area contributed by atoms with Crippen LogP contribution in [-0.2, 0) is 18.9 Å². The Morgan fingerprint density at radius 2 is 1.59 bits per heavy atom. The normalized spacial score (nSPS) is 24.9. The van der Waals surface area contributed by atoms with Crippen molar-refractivity contribution in [3.8, 4) is 0 Å². The molecule has 0 atom stereocenters. The van der Waals surface area contributed by atoms with E-state index in [4.69, 9.17) is 18.9 Å². The van der Waals surface area contributed by atoms with E-state index in [9.17, 15) is 8.78 Å². The quantitative estimate of drug-likeness (QED) is 0.475. The van der Waals surface area contributed by atoms with Gasteiger partial charge >= 0.3 is 0 Å². The molecule has 1 saturated carbocycles. The maximum Gasteiger partial charge on any atom is 0.293 e. The van der Waals surface area contributed by atoms with Gasteiger partial charge in [0.15, 0.2) is 0 Å². The second-order valence-corrected chi connectivity index (χ2v) is 9.04. The molecule has 7 heteroatoms. The van der Waals surface area contributed by atoms with Crippen molar-refractivity contribution in [2.45, 2.75) is 89.8 Å². The zero-order chi connectivity index (χ0) is 20.1. The molecule has 5 nitrogen and oxygen atoms in total. The lowest BCUT2D eigenvalue weighted by atomic mass is 9.92. The monoisotopic (exact) mass is 393 g/mol. The van der Waals surface area contributed by atoms with Crippen LogP contribution in [0.5, 0.6) is 0 Å². The molecule has 0 spiro atoms. The van der Waals surface area contributed by atoms with Crippen molar-refractivity contribution in [3.63, 3.8) is 0 Å². The summed E-state index contributed by atoms with van der Waals surface area (Å²) in [6.45, 7) is 11.4. The first kappa shape index (κ1) is 22.9. The van der Waals surface area contributed by atoms with Crippen molar-refractivity contribution in [2.75, 3.05) is 39.5 Å². The summed E-state index contributed by atoms with van der Waals surface area (Å²) in [6, 6.07) is 0. The molecule has 0 radical (unpaired) electrons. The molecule has 2 fully saturated rings. The number of nitrogens with zero attached hydrogens (tertiary/aromatic N) is 1. The Balaban J connectivity index is 1.42. The van der Waals surface area contributed by atoms with E-state index in [0.29, 0.717) is 32.2 Å². The van der Waals surface area contributed by atoms with Gasteiger partial charge in [0.1, 0.15) is 13.2 Å². The number of alkyl halides is 2. The third kappa shape index (κ3) is 8.28. The molecule has 0 amide bonds. The van der Waals surface area contributed by atoms with E-state index < -0.39 is 19.1 Å². The molecule has 2 aliphatic rings. The van der Waals surface area contributed by atoms with Crippen LogP contribution < -0.4 is 0 Å². The van der Waals surface area contributed by atoms with Gasteiger partial charge in [0.25, 0.3) is 5.92 Å². The molecule has 2 rings (SSSR count). The zero-order valence-electron chi connectivity index (χ0n) is 17.5. The maximum atomic E-state index is 13.8. The zero-order valence-corrected chi connectivity index (χ0v) is 17.5. The average Bonchev–Trinajstić information content (AvgIpc) is 2.44. The fraction of sp³-hybridized carbons (Fsp3) is 1.00. The van der Waals surface area contributed by atoms with Crippen molar-refractivity contribution < 1.29 is 27.7 Å². The maximum absolute atomic E-state index is 13.8. The Bertz CT molecular complexity index is 430. The van der Waals surface area contributed by atoms with E-state index in [1.165, 1.54) is 0 Å². The standard InChI is InChI=1S/C20H37F2NO4/c1-15(2)27-17-9-16(10-17)25-8-6-7-24-13-20(21,22)14-26-18-11-23(12-18)19(3,4)5/h15-18H,6-14H2,1-5H3. The first-order chi connectivity index (χ1) is 12.5. The van der Waals surface area contributed by atoms with Gasteiger partial charge in [-0.3, -0.25) is 4.90 Å². The highest BCUT2D eigenvalue weighted by molar-refractivity contribution is 4.89. The fourth-order valence-electron chi connectivity index (χ4n) is 3.15. The van der Waals surface area contributed by atoms with Gasteiger partial charge in [-0.2, -0.15) is 0 Å². The fourth-order valence-corrected chi connectivity index (χ4v) is 3.15.